The van der Waals surface area contributed by atoms with Crippen molar-refractivity contribution in [2.45, 2.75) is 37.7 Å². The maximum Gasteiger partial charge on any atom is 0.269 e. The van der Waals surface area contributed by atoms with Crippen LogP contribution in [0.4, 0.5) is 0 Å². The number of carbonyl (C=O) groups is 2. The highest BCUT2D eigenvalue weighted by Crippen LogP contribution is 2.38. The highest BCUT2D eigenvalue weighted by Gasteiger charge is 2.28. The zero-order valence-electron chi connectivity index (χ0n) is 17.9. The number of rotatable bonds is 7. The summed E-state index contributed by atoms with van der Waals surface area (Å²) in [5, 5.41) is 15.4. The molecular formula is C23H24N6O3. The van der Waals surface area contributed by atoms with Crippen molar-refractivity contribution in [1.29, 1.82) is 0 Å². The van der Waals surface area contributed by atoms with Crippen LogP contribution >= 0.6 is 0 Å². The van der Waals surface area contributed by atoms with Crippen LogP contribution in [0.25, 0.3) is 16.7 Å². The van der Waals surface area contributed by atoms with Crippen molar-refractivity contribution in [2.75, 3.05) is 13.6 Å². The lowest BCUT2D eigenvalue weighted by atomic mass is 10.0. The standard InChI is InChI=1S/C23H24N6O3/c1-23(32,10-11-28(2)14-30)9-8-15-4-3-5-17(12-15)29-22-18(19(27-29)20(24)31)13-25-21(26-22)16-6-7-16/h3-5,12-14,16,32H,6-7,10-11H2,1-2H3,(H2,24,31). The summed E-state index contributed by atoms with van der Waals surface area (Å²) in [6.07, 6.45) is 4.74. The molecule has 2 heterocycles. The molecule has 164 valence electrons. The summed E-state index contributed by atoms with van der Waals surface area (Å²) in [7, 11) is 1.65. The van der Waals surface area contributed by atoms with E-state index in [0.29, 0.717) is 47.6 Å². The normalized spacial score (nSPS) is 15.0. The number of aromatic nitrogens is 4. The lowest BCUT2D eigenvalue weighted by molar-refractivity contribution is -0.117. The fourth-order valence-corrected chi connectivity index (χ4v) is 3.25. The number of amides is 2. The topological polar surface area (TPSA) is 127 Å². The molecule has 1 unspecified atom stereocenters. The molecule has 0 saturated heterocycles. The molecule has 0 radical (unpaired) electrons. The minimum Gasteiger partial charge on any atom is -0.378 e. The van der Waals surface area contributed by atoms with Crippen LogP contribution in [0.15, 0.2) is 30.5 Å². The Labute approximate surface area is 185 Å². The average Bonchev–Trinajstić information content (AvgIpc) is 3.56. The van der Waals surface area contributed by atoms with Gasteiger partial charge in [-0.1, -0.05) is 17.9 Å². The quantitative estimate of drug-likeness (QED) is 0.429. The molecule has 2 amide bonds. The first-order valence-electron chi connectivity index (χ1n) is 10.3. The van der Waals surface area contributed by atoms with E-state index in [-0.39, 0.29) is 5.69 Å². The maximum atomic E-state index is 11.9. The van der Waals surface area contributed by atoms with E-state index in [1.807, 2.05) is 18.2 Å². The second-order valence-corrected chi connectivity index (χ2v) is 8.27. The van der Waals surface area contributed by atoms with Gasteiger partial charge in [0.2, 0.25) is 6.41 Å². The van der Waals surface area contributed by atoms with Crippen LogP contribution < -0.4 is 5.73 Å². The van der Waals surface area contributed by atoms with E-state index in [1.165, 1.54) is 4.90 Å². The summed E-state index contributed by atoms with van der Waals surface area (Å²) in [6.45, 7) is 2.00. The van der Waals surface area contributed by atoms with Crippen molar-refractivity contribution >= 4 is 23.4 Å². The molecule has 4 rings (SSSR count). The summed E-state index contributed by atoms with van der Waals surface area (Å²) in [4.78, 5) is 33.1. The molecule has 0 spiro atoms. The lowest BCUT2D eigenvalue weighted by Gasteiger charge is -2.19. The maximum absolute atomic E-state index is 11.9. The Morgan fingerprint density at radius 2 is 2.22 bits per heavy atom. The van der Waals surface area contributed by atoms with E-state index in [9.17, 15) is 14.7 Å². The number of fused-ring (bicyclic) bond motifs is 1. The number of nitrogens with zero attached hydrogens (tertiary/aromatic N) is 5. The van der Waals surface area contributed by atoms with Crippen molar-refractivity contribution in [3.63, 3.8) is 0 Å². The number of carbonyl (C=O) groups excluding carboxylic acids is 2. The minimum absolute atomic E-state index is 0.112. The number of primary amides is 1. The van der Waals surface area contributed by atoms with Crippen molar-refractivity contribution in [2.24, 2.45) is 5.73 Å². The largest absolute Gasteiger partial charge is 0.378 e. The Morgan fingerprint density at radius 3 is 2.91 bits per heavy atom. The van der Waals surface area contributed by atoms with Crippen molar-refractivity contribution in [3.8, 4) is 17.5 Å². The predicted octanol–water partition coefficient (Wildman–Crippen LogP) is 1.37. The number of nitrogens with two attached hydrogens (primary N) is 1. The van der Waals surface area contributed by atoms with Crippen LogP contribution in [0, 0.1) is 11.8 Å². The Morgan fingerprint density at radius 1 is 1.44 bits per heavy atom. The third-order valence-electron chi connectivity index (χ3n) is 5.32. The van der Waals surface area contributed by atoms with Crippen molar-refractivity contribution in [3.05, 3.63) is 47.5 Å². The first-order valence-corrected chi connectivity index (χ1v) is 10.3. The molecule has 9 heteroatoms. The fraction of sp³-hybridized carbons (Fsp3) is 0.348. The Hall–Kier alpha value is -3.77. The summed E-state index contributed by atoms with van der Waals surface area (Å²) < 4.78 is 1.57. The second kappa shape index (κ2) is 8.40. The Balaban J connectivity index is 1.69. The molecule has 3 N–H and O–H groups in total. The average molecular weight is 432 g/mol. The highest BCUT2D eigenvalue weighted by atomic mass is 16.3. The van der Waals surface area contributed by atoms with Gasteiger partial charge in [-0.2, -0.15) is 5.10 Å². The molecule has 1 atom stereocenters. The van der Waals surface area contributed by atoms with E-state index >= 15 is 0 Å². The van der Waals surface area contributed by atoms with Crippen molar-refractivity contribution < 1.29 is 14.7 Å². The van der Waals surface area contributed by atoms with E-state index in [4.69, 9.17) is 5.73 Å². The molecule has 0 aliphatic heterocycles. The van der Waals surface area contributed by atoms with Crippen molar-refractivity contribution in [1.82, 2.24) is 24.6 Å². The van der Waals surface area contributed by atoms with Gasteiger partial charge in [-0.15, -0.1) is 0 Å². The van der Waals surface area contributed by atoms with Gasteiger partial charge in [0, 0.05) is 37.7 Å². The molecular weight excluding hydrogens is 408 g/mol. The summed E-state index contributed by atoms with van der Waals surface area (Å²) in [5.74, 6) is 6.28. The van der Waals surface area contributed by atoms with Gasteiger partial charge in [0.25, 0.3) is 5.91 Å². The number of hydrogen-bond acceptors (Lipinski definition) is 6. The Kier molecular flexibility index (Phi) is 5.63. The lowest BCUT2D eigenvalue weighted by Crippen LogP contribution is -2.29. The molecule has 1 aliphatic carbocycles. The molecule has 2 aromatic heterocycles. The monoisotopic (exact) mass is 432 g/mol. The zero-order valence-corrected chi connectivity index (χ0v) is 17.9. The molecule has 3 aromatic rings. The SMILES string of the molecule is CN(C=O)CCC(C)(O)C#Cc1cccc(-n2nc(C(N)=O)c3cnc(C4CC4)nc32)c1. The number of hydrogen-bond donors (Lipinski definition) is 2. The fourth-order valence-electron chi connectivity index (χ4n) is 3.25. The van der Waals surface area contributed by atoms with E-state index < -0.39 is 11.5 Å². The van der Waals surface area contributed by atoms with Crippen LogP contribution in [0.3, 0.4) is 0 Å². The third-order valence-corrected chi connectivity index (χ3v) is 5.32. The van der Waals surface area contributed by atoms with Crippen LogP contribution in [-0.4, -0.2) is 61.3 Å². The highest BCUT2D eigenvalue weighted by molar-refractivity contribution is 6.03. The summed E-state index contributed by atoms with van der Waals surface area (Å²) >= 11 is 0. The first kappa shape index (κ1) is 21.5. The van der Waals surface area contributed by atoms with Gasteiger partial charge < -0.3 is 15.7 Å². The second-order valence-electron chi connectivity index (χ2n) is 8.27. The summed E-state index contributed by atoms with van der Waals surface area (Å²) in [6, 6.07) is 7.26. The van der Waals surface area contributed by atoms with Gasteiger partial charge in [0.05, 0.1) is 11.1 Å². The molecule has 0 bridgehead atoms. The van der Waals surface area contributed by atoms with Gasteiger partial charge >= 0.3 is 0 Å². The number of benzene rings is 1. The van der Waals surface area contributed by atoms with Gasteiger partial charge in [0.15, 0.2) is 11.3 Å². The molecule has 1 fully saturated rings. The summed E-state index contributed by atoms with van der Waals surface area (Å²) in [5.41, 5.74) is 6.22. The smallest absolute Gasteiger partial charge is 0.269 e. The van der Waals surface area contributed by atoms with Crippen LogP contribution in [-0.2, 0) is 4.79 Å². The predicted molar refractivity (Wildman–Crippen MR) is 118 cm³/mol. The molecule has 1 saturated carbocycles. The van der Waals surface area contributed by atoms with E-state index in [2.05, 4.69) is 26.9 Å². The third kappa shape index (κ3) is 4.60. The molecule has 1 aromatic carbocycles. The van der Waals surface area contributed by atoms with Crippen LogP contribution in [0.5, 0.6) is 0 Å². The minimum atomic E-state index is -1.25. The zero-order chi connectivity index (χ0) is 22.9. The molecule has 1 aliphatic rings. The van der Waals surface area contributed by atoms with Gasteiger partial charge in [0.1, 0.15) is 11.4 Å². The van der Waals surface area contributed by atoms with Gasteiger partial charge in [-0.3, -0.25) is 9.59 Å². The van der Waals surface area contributed by atoms with Gasteiger partial charge in [-0.25, -0.2) is 14.6 Å². The first-order chi connectivity index (χ1) is 15.3. The van der Waals surface area contributed by atoms with Gasteiger partial charge in [-0.05, 0) is 38.0 Å². The molecule has 32 heavy (non-hydrogen) atoms. The van der Waals surface area contributed by atoms with E-state index in [1.54, 1.807) is 30.9 Å². The number of aliphatic hydroxyl groups is 1. The Bertz CT molecular complexity index is 1250. The van der Waals surface area contributed by atoms with Crippen LogP contribution in [0.1, 0.15) is 54.0 Å². The van der Waals surface area contributed by atoms with E-state index in [0.717, 1.165) is 18.7 Å². The molecule has 9 nitrogen and oxygen atoms in total. The van der Waals surface area contributed by atoms with Crippen LogP contribution in [0.2, 0.25) is 0 Å².